The molecule has 8 atom stereocenters. The number of hydrogen-bond donors (Lipinski definition) is 1. The predicted octanol–water partition coefficient (Wildman–Crippen LogP) is 2.45. The first-order valence-corrected chi connectivity index (χ1v) is 14.8. The maximum absolute atomic E-state index is 13.9. The van der Waals surface area contributed by atoms with Gasteiger partial charge in [0.25, 0.3) is 0 Å². The van der Waals surface area contributed by atoms with Crippen LogP contribution in [-0.4, -0.2) is 62.8 Å². The number of ketones is 3. The molecule has 1 unspecified atom stereocenters. The van der Waals surface area contributed by atoms with Crippen molar-refractivity contribution in [2.45, 2.75) is 78.6 Å². The lowest BCUT2D eigenvalue weighted by Crippen LogP contribution is -3.14. The minimum atomic E-state index is -0.493. The molecule has 5 rings (SSSR count). The molecule has 7 heteroatoms. The van der Waals surface area contributed by atoms with Crippen molar-refractivity contribution in [3.8, 4) is 0 Å². The molecule has 0 aromatic heterocycles. The number of fused-ring (bicyclic) bond motifs is 5. The third kappa shape index (κ3) is 4.84. The summed E-state index contributed by atoms with van der Waals surface area (Å²) in [4.78, 5) is 53.5. The first-order valence-electron chi connectivity index (χ1n) is 14.8. The second kappa shape index (κ2) is 10.5. The molecule has 1 aliphatic heterocycles. The number of hydrogen-bond acceptors (Lipinski definition) is 6. The maximum Gasteiger partial charge on any atom is 0.306 e. The minimum Gasteiger partial charge on any atom is -0.460 e. The molecule has 0 amide bonds. The van der Waals surface area contributed by atoms with Gasteiger partial charge in [-0.2, -0.15) is 0 Å². The first kappa shape index (κ1) is 27.0. The number of Topliss-reactive ketones (excluding diaryl/α,β-unsaturated/α-hetero) is 3. The molecule has 0 radical (unpaired) electrons. The summed E-state index contributed by atoms with van der Waals surface area (Å²) in [7, 11) is 0. The molecule has 206 valence electrons. The van der Waals surface area contributed by atoms with Gasteiger partial charge in [-0.3, -0.25) is 19.2 Å². The van der Waals surface area contributed by atoms with Gasteiger partial charge in [-0.1, -0.05) is 20.8 Å². The van der Waals surface area contributed by atoms with E-state index in [0.29, 0.717) is 56.7 Å². The van der Waals surface area contributed by atoms with Gasteiger partial charge in [0.2, 0.25) is 0 Å². The fourth-order valence-corrected chi connectivity index (χ4v) is 9.23. The Morgan fingerprint density at radius 2 is 1.84 bits per heavy atom. The smallest absolute Gasteiger partial charge is 0.306 e. The Balaban J connectivity index is 1.20. The lowest BCUT2D eigenvalue weighted by atomic mass is 9.44. The second-order valence-electron chi connectivity index (χ2n) is 13.3. The van der Waals surface area contributed by atoms with Crippen LogP contribution in [0.4, 0.5) is 0 Å². The minimum absolute atomic E-state index is 0.0537. The molecule has 5 aliphatic rings. The number of carbonyl (C=O) groups excluding carboxylic acids is 4. The average Bonchev–Trinajstić information content (AvgIpc) is 3.23. The maximum atomic E-state index is 13.9. The van der Waals surface area contributed by atoms with E-state index in [1.54, 1.807) is 0 Å². The van der Waals surface area contributed by atoms with Crippen molar-refractivity contribution in [1.29, 1.82) is 0 Å². The average molecular weight is 517 g/mol. The van der Waals surface area contributed by atoms with Gasteiger partial charge in [-0.05, 0) is 60.7 Å². The van der Waals surface area contributed by atoms with Crippen molar-refractivity contribution in [3.05, 3.63) is 0 Å². The Kier molecular flexibility index (Phi) is 7.67. The van der Waals surface area contributed by atoms with E-state index in [-0.39, 0.29) is 52.7 Å². The first-order chi connectivity index (χ1) is 17.6. The zero-order valence-corrected chi connectivity index (χ0v) is 23.0. The summed E-state index contributed by atoms with van der Waals surface area (Å²) in [6.07, 6.45) is 5.83. The quantitative estimate of drug-likeness (QED) is 0.523. The number of esters is 1. The molecule has 1 N–H and O–H groups in total. The van der Waals surface area contributed by atoms with Gasteiger partial charge in [0.1, 0.15) is 43.6 Å². The zero-order valence-electron chi connectivity index (χ0n) is 23.0. The normalized spacial score (nSPS) is 41.1. The number of rotatable bonds is 7. The van der Waals surface area contributed by atoms with E-state index >= 15 is 0 Å². The van der Waals surface area contributed by atoms with Crippen LogP contribution in [0.3, 0.4) is 0 Å². The fourth-order valence-electron chi connectivity index (χ4n) is 9.23. The van der Waals surface area contributed by atoms with Gasteiger partial charge >= 0.3 is 5.97 Å². The van der Waals surface area contributed by atoms with Crippen molar-refractivity contribution in [1.82, 2.24) is 0 Å². The van der Waals surface area contributed by atoms with Crippen molar-refractivity contribution in [2.75, 3.05) is 39.5 Å². The molecule has 0 spiro atoms. The highest BCUT2D eigenvalue weighted by Gasteiger charge is 2.66. The third-order valence-corrected chi connectivity index (χ3v) is 11.6. The van der Waals surface area contributed by atoms with Crippen molar-refractivity contribution in [3.63, 3.8) is 0 Å². The fraction of sp³-hybridized carbons (Fsp3) is 0.867. The van der Waals surface area contributed by atoms with Crippen LogP contribution in [0.25, 0.3) is 0 Å². The van der Waals surface area contributed by atoms with E-state index in [1.165, 1.54) is 4.90 Å². The van der Waals surface area contributed by atoms with E-state index in [9.17, 15) is 19.2 Å². The Labute approximate surface area is 221 Å². The zero-order chi connectivity index (χ0) is 26.4. The molecule has 4 aliphatic carbocycles. The predicted molar refractivity (Wildman–Crippen MR) is 137 cm³/mol. The van der Waals surface area contributed by atoms with Crippen LogP contribution < -0.4 is 4.90 Å². The molecule has 5 fully saturated rings. The van der Waals surface area contributed by atoms with Crippen LogP contribution in [-0.2, 0) is 28.7 Å². The Hall–Kier alpha value is -1.60. The van der Waals surface area contributed by atoms with Crippen molar-refractivity contribution in [2.24, 2.45) is 46.3 Å². The highest BCUT2D eigenvalue weighted by atomic mass is 16.5. The second-order valence-corrected chi connectivity index (χ2v) is 13.3. The van der Waals surface area contributed by atoms with E-state index in [0.717, 1.165) is 52.1 Å². The molecule has 37 heavy (non-hydrogen) atoms. The van der Waals surface area contributed by atoms with Crippen LogP contribution in [0, 0.1) is 46.3 Å². The van der Waals surface area contributed by atoms with E-state index in [1.807, 2.05) is 0 Å². The van der Waals surface area contributed by atoms with E-state index in [4.69, 9.17) is 9.47 Å². The number of quaternary nitrogens is 1. The summed E-state index contributed by atoms with van der Waals surface area (Å²) in [5.74, 6) is 1.38. The van der Waals surface area contributed by atoms with Gasteiger partial charge in [0.05, 0.1) is 13.2 Å². The molecule has 1 saturated heterocycles. The standard InChI is InChI=1S/C30H45NO6/c1-19(4-7-27(35)37-15-12-31-10-13-36-14-11-31)22-5-6-23-28-24(18-26(34)30(22,23)3)29(2)9-8-21(32)16-20(29)17-25(28)33/h19-20,22-24,28H,4-18H2,1-3H3/p+1/t19?,20-,22+,23-,24-,28-,29-,30+/m0/s1. The van der Waals surface area contributed by atoms with E-state index in [2.05, 4.69) is 20.8 Å². The lowest BCUT2D eigenvalue weighted by Gasteiger charge is -2.58. The van der Waals surface area contributed by atoms with Crippen molar-refractivity contribution >= 4 is 23.3 Å². The van der Waals surface area contributed by atoms with E-state index < -0.39 is 5.41 Å². The topological polar surface area (TPSA) is 91.2 Å². The molecule has 1 heterocycles. The monoisotopic (exact) mass is 516 g/mol. The summed E-state index contributed by atoms with van der Waals surface area (Å²) in [5.41, 5.74) is -0.576. The highest BCUT2D eigenvalue weighted by Crippen LogP contribution is 2.66. The Morgan fingerprint density at radius 1 is 1.08 bits per heavy atom. The Bertz CT molecular complexity index is 927. The van der Waals surface area contributed by atoms with Crippen LogP contribution >= 0.6 is 0 Å². The lowest BCUT2D eigenvalue weighted by molar-refractivity contribution is -0.908. The molecule has 0 aromatic carbocycles. The summed E-state index contributed by atoms with van der Waals surface area (Å²) in [5, 5.41) is 0. The molecule has 0 aromatic rings. The molecular weight excluding hydrogens is 470 g/mol. The van der Waals surface area contributed by atoms with Gasteiger partial charge in [-0.25, -0.2) is 0 Å². The molecule has 7 nitrogen and oxygen atoms in total. The third-order valence-electron chi connectivity index (χ3n) is 11.6. The Morgan fingerprint density at radius 3 is 2.59 bits per heavy atom. The number of carbonyl (C=O) groups is 4. The number of nitrogens with one attached hydrogen (secondary N) is 1. The van der Waals surface area contributed by atoms with Gasteiger partial charge in [-0.15, -0.1) is 0 Å². The molecule has 0 bridgehead atoms. The van der Waals surface area contributed by atoms with Crippen LogP contribution in [0.15, 0.2) is 0 Å². The molecule has 4 saturated carbocycles. The summed E-state index contributed by atoms with van der Waals surface area (Å²) in [6, 6.07) is 0. The highest BCUT2D eigenvalue weighted by molar-refractivity contribution is 5.93. The summed E-state index contributed by atoms with van der Waals surface area (Å²) in [6.45, 7) is 11.3. The number of ether oxygens (including phenoxy) is 2. The van der Waals surface area contributed by atoms with Crippen LogP contribution in [0.1, 0.15) is 78.6 Å². The SMILES string of the molecule is CC(CCC(=O)OCC[NH+]1CCOCC1)[C@H]1CC[C@H]2[C@@H]3C(=O)C[C@@H]4CC(=O)CC[C@]4(C)[C@H]3CC(=O)[C@]12C. The largest absolute Gasteiger partial charge is 0.460 e. The molecular formula is C30H46NO6+. The van der Waals surface area contributed by atoms with Crippen LogP contribution in [0.2, 0.25) is 0 Å². The van der Waals surface area contributed by atoms with Gasteiger partial charge < -0.3 is 14.4 Å². The van der Waals surface area contributed by atoms with Gasteiger partial charge in [0.15, 0.2) is 0 Å². The number of morpholine rings is 1. The summed E-state index contributed by atoms with van der Waals surface area (Å²) >= 11 is 0. The van der Waals surface area contributed by atoms with Crippen LogP contribution in [0.5, 0.6) is 0 Å². The van der Waals surface area contributed by atoms with Gasteiger partial charge in [0, 0.05) is 43.4 Å². The van der Waals surface area contributed by atoms with Crippen molar-refractivity contribution < 1.29 is 33.6 Å². The summed E-state index contributed by atoms with van der Waals surface area (Å²) < 4.78 is 10.9.